The molecule has 2 aromatic rings. The molecule has 0 fully saturated rings. The Labute approximate surface area is 96.1 Å². The van der Waals surface area contributed by atoms with Gasteiger partial charge in [0.25, 0.3) is 5.56 Å². The van der Waals surface area contributed by atoms with Crippen LogP contribution in [0.2, 0.25) is 5.02 Å². The van der Waals surface area contributed by atoms with Gasteiger partial charge in [-0.3, -0.25) is 4.79 Å². The highest BCUT2D eigenvalue weighted by atomic mass is 35.5. The lowest BCUT2D eigenvalue weighted by Gasteiger charge is -2.12. The fraction of sp³-hybridized carbons (Fsp3) is 0.222. The second-order valence-corrected chi connectivity index (χ2v) is 3.65. The van der Waals surface area contributed by atoms with Crippen LogP contribution in [0.3, 0.4) is 0 Å². The van der Waals surface area contributed by atoms with Crippen LogP contribution in [0, 0.1) is 0 Å². The van der Waals surface area contributed by atoms with Gasteiger partial charge in [0.05, 0.1) is 17.9 Å². The van der Waals surface area contributed by atoms with Crippen LogP contribution < -0.4 is 10.9 Å². The van der Waals surface area contributed by atoms with E-state index in [1.807, 2.05) is 6.92 Å². The number of nitrogens with one attached hydrogen (secondary N) is 3. The molecule has 0 radical (unpaired) electrons. The van der Waals surface area contributed by atoms with Gasteiger partial charge in [-0.15, -0.1) is 0 Å². The molecule has 2 aromatic heterocycles. The quantitative estimate of drug-likeness (QED) is 0.754. The van der Waals surface area contributed by atoms with Gasteiger partial charge in [-0.2, -0.15) is 5.10 Å². The zero-order chi connectivity index (χ0) is 11.5. The van der Waals surface area contributed by atoms with Crippen LogP contribution in [0.15, 0.2) is 23.4 Å². The third-order valence-corrected chi connectivity index (χ3v) is 2.47. The number of rotatable bonds is 3. The molecule has 3 N–H and O–H groups in total. The van der Waals surface area contributed by atoms with E-state index in [2.05, 4.69) is 25.5 Å². The van der Waals surface area contributed by atoms with Gasteiger partial charge in [-0.1, -0.05) is 11.6 Å². The number of anilines is 1. The first-order valence-electron chi connectivity index (χ1n) is 4.67. The van der Waals surface area contributed by atoms with Crippen LogP contribution >= 0.6 is 11.6 Å². The lowest BCUT2D eigenvalue weighted by Crippen LogP contribution is -2.14. The van der Waals surface area contributed by atoms with Crippen molar-refractivity contribution < 1.29 is 0 Å². The van der Waals surface area contributed by atoms with Crippen LogP contribution in [0.4, 0.5) is 5.69 Å². The smallest absolute Gasteiger partial charge is 0.285 e. The average Bonchev–Trinajstić information content (AvgIpc) is 2.78. The standard InChI is InChI=1S/C9H10ClN5O/c1-5(8-11-2-3-12-8)14-6-4-13-15-9(16)7(6)10/h2-5H,1H3,(H,11,12)(H2,14,15,16). The first kappa shape index (κ1) is 10.7. The van der Waals surface area contributed by atoms with Crippen LogP contribution in [-0.2, 0) is 0 Å². The maximum absolute atomic E-state index is 11.2. The molecule has 0 aromatic carbocycles. The van der Waals surface area contributed by atoms with Gasteiger partial charge in [-0.05, 0) is 6.92 Å². The normalized spacial score (nSPS) is 12.4. The minimum absolute atomic E-state index is 0.0869. The number of hydrogen-bond donors (Lipinski definition) is 3. The molecule has 1 atom stereocenters. The summed E-state index contributed by atoms with van der Waals surface area (Å²) < 4.78 is 0. The van der Waals surface area contributed by atoms with E-state index in [0.29, 0.717) is 5.69 Å². The third-order valence-electron chi connectivity index (χ3n) is 2.10. The summed E-state index contributed by atoms with van der Waals surface area (Å²) >= 11 is 5.82. The van der Waals surface area contributed by atoms with Gasteiger partial charge in [0, 0.05) is 12.4 Å². The highest BCUT2D eigenvalue weighted by Gasteiger charge is 2.11. The molecule has 0 bridgehead atoms. The summed E-state index contributed by atoms with van der Waals surface area (Å²) in [6.07, 6.45) is 4.85. The van der Waals surface area contributed by atoms with Crippen molar-refractivity contribution in [3.05, 3.63) is 39.8 Å². The number of nitrogens with zero attached hydrogens (tertiary/aromatic N) is 2. The van der Waals surface area contributed by atoms with E-state index in [9.17, 15) is 4.79 Å². The lowest BCUT2D eigenvalue weighted by molar-refractivity contribution is 0.806. The molecule has 7 heteroatoms. The van der Waals surface area contributed by atoms with Gasteiger partial charge >= 0.3 is 0 Å². The largest absolute Gasteiger partial charge is 0.373 e. The molecule has 6 nitrogen and oxygen atoms in total. The van der Waals surface area contributed by atoms with E-state index in [0.717, 1.165) is 5.82 Å². The SMILES string of the molecule is CC(Nc1cn[nH]c(=O)c1Cl)c1ncc[nH]1. The molecule has 2 heterocycles. The number of imidazole rings is 1. The molecule has 0 aliphatic heterocycles. The lowest BCUT2D eigenvalue weighted by atomic mass is 10.3. The Morgan fingerprint density at radius 1 is 1.56 bits per heavy atom. The summed E-state index contributed by atoms with van der Waals surface area (Å²) in [5, 5.41) is 9.05. The number of hydrogen-bond acceptors (Lipinski definition) is 4. The number of aromatic nitrogens is 4. The van der Waals surface area contributed by atoms with E-state index in [4.69, 9.17) is 11.6 Å². The fourth-order valence-corrected chi connectivity index (χ4v) is 1.45. The first-order chi connectivity index (χ1) is 7.68. The van der Waals surface area contributed by atoms with Gasteiger partial charge < -0.3 is 10.3 Å². The zero-order valence-corrected chi connectivity index (χ0v) is 9.25. The van der Waals surface area contributed by atoms with E-state index in [1.165, 1.54) is 6.20 Å². The molecule has 1 unspecified atom stereocenters. The summed E-state index contributed by atoms with van der Waals surface area (Å²) in [5.41, 5.74) is 0.0626. The predicted molar refractivity (Wildman–Crippen MR) is 60.5 cm³/mol. The molecule has 0 aliphatic carbocycles. The molecule has 0 aliphatic rings. The molecule has 0 spiro atoms. The molecule has 16 heavy (non-hydrogen) atoms. The molecule has 2 rings (SSSR count). The Bertz CT molecular complexity index is 521. The van der Waals surface area contributed by atoms with Crippen molar-refractivity contribution in [3.63, 3.8) is 0 Å². The van der Waals surface area contributed by atoms with Gasteiger partial charge in [0.15, 0.2) is 0 Å². The maximum Gasteiger partial charge on any atom is 0.285 e. The van der Waals surface area contributed by atoms with Gasteiger partial charge in [-0.25, -0.2) is 10.1 Å². The molecule has 84 valence electrons. The summed E-state index contributed by atoms with van der Waals surface area (Å²) in [6.45, 7) is 1.90. The fourth-order valence-electron chi connectivity index (χ4n) is 1.30. The highest BCUT2D eigenvalue weighted by Crippen LogP contribution is 2.20. The highest BCUT2D eigenvalue weighted by molar-refractivity contribution is 6.32. The van der Waals surface area contributed by atoms with Crippen molar-refractivity contribution in [2.45, 2.75) is 13.0 Å². The number of aromatic amines is 2. The van der Waals surface area contributed by atoms with Crippen molar-refractivity contribution in [2.75, 3.05) is 5.32 Å². The van der Waals surface area contributed by atoms with Crippen molar-refractivity contribution in [1.29, 1.82) is 0 Å². The Kier molecular flexibility index (Phi) is 2.91. The van der Waals surface area contributed by atoms with E-state index >= 15 is 0 Å². The zero-order valence-electron chi connectivity index (χ0n) is 8.49. The van der Waals surface area contributed by atoms with Crippen LogP contribution in [0.1, 0.15) is 18.8 Å². The van der Waals surface area contributed by atoms with Crippen molar-refractivity contribution >= 4 is 17.3 Å². The predicted octanol–water partition coefficient (Wildman–Crippen LogP) is 1.32. The molecule has 0 saturated heterocycles. The molecule has 0 amide bonds. The minimum Gasteiger partial charge on any atom is -0.373 e. The van der Waals surface area contributed by atoms with Crippen LogP contribution in [-0.4, -0.2) is 20.2 Å². The van der Waals surface area contributed by atoms with E-state index in [-0.39, 0.29) is 11.1 Å². The summed E-state index contributed by atoms with van der Waals surface area (Å²) in [6, 6.07) is -0.0869. The van der Waals surface area contributed by atoms with Crippen LogP contribution in [0.25, 0.3) is 0 Å². The Morgan fingerprint density at radius 2 is 2.38 bits per heavy atom. The van der Waals surface area contributed by atoms with E-state index in [1.54, 1.807) is 12.4 Å². The molecule has 0 saturated carbocycles. The summed E-state index contributed by atoms with van der Waals surface area (Å²) in [4.78, 5) is 18.3. The maximum atomic E-state index is 11.2. The number of H-pyrrole nitrogens is 2. The summed E-state index contributed by atoms with van der Waals surface area (Å²) in [5.74, 6) is 0.761. The van der Waals surface area contributed by atoms with Crippen molar-refractivity contribution in [3.8, 4) is 0 Å². The summed E-state index contributed by atoms with van der Waals surface area (Å²) in [7, 11) is 0. The second-order valence-electron chi connectivity index (χ2n) is 3.27. The average molecular weight is 240 g/mol. The van der Waals surface area contributed by atoms with E-state index < -0.39 is 5.56 Å². The Hall–Kier alpha value is -1.82. The van der Waals surface area contributed by atoms with Gasteiger partial charge in [0.2, 0.25) is 0 Å². The third kappa shape index (κ3) is 2.06. The minimum atomic E-state index is -0.418. The topological polar surface area (TPSA) is 86.5 Å². The molecular formula is C9H10ClN5O. The van der Waals surface area contributed by atoms with Crippen molar-refractivity contribution in [1.82, 2.24) is 20.2 Å². The molecular weight excluding hydrogens is 230 g/mol. The monoisotopic (exact) mass is 239 g/mol. The Balaban J connectivity index is 2.21. The Morgan fingerprint density at radius 3 is 3.06 bits per heavy atom. The first-order valence-corrected chi connectivity index (χ1v) is 5.05. The van der Waals surface area contributed by atoms with Crippen molar-refractivity contribution in [2.24, 2.45) is 0 Å². The number of halogens is 1. The van der Waals surface area contributed by atoms with Crippen LogP contribution in [0.5, 0.6) is 0 Å². The van der Waals surface area contributed by atoms with Gasteiger partial charge in [0.1, 0.15) is 10.8 Å². The second kappa shape index (κ2) is 4.36.